The third-order valence-corrected chi connectivity index (χ3v) is 2.31. The van der Waals surface area contributed by atoms with E-state index < -0.39 is 11.6 Å². The Balaban J connectivity index is 2.27. The summed E-state index contributed by atoms with van der Waals surface area (Å²) in [5.74, 6) is -1.08. The standard InChI is InChI=1S/C12H17F2NO/c1-9(16)3-2-6-15-8-10-4-5-11(13)7-12(10)14/h4-5,7,9,15-16H,2-3,6,8H2,1H3. The molecule has 1 aromatic rings. The lowest BCUT2D eigenvalue weighted by Crippen LogP contribution is -2.17. The van der Waals surface area contributed by atoms with Gasteiger partial charge in [0, 0.05) is 18.2 Å². The van der Waals surface area contributed by atoms with Crippen LogP contribution in [0.15, 0.2) is 18.2 Å². The van der Waals surface area contributed by atoms with Gasteiger partial charge in [-0.25, -0.2) is 8.78 Å². The number of hydrogen-bond acceptors (Lipinski definition) is 2. The first-order chi connectivity index (χ1) is 7.59. The molecule has 90 valence electrons. The molecule has 2 N–H and O–H groups in total. The van der Waals surface area contributed by atoms with Gasteiger partial charge in [0.2, 0.25) is 0 Å². The lowest BCUT2D eigenvalue weighted by atomic mass is 10.2. The summed E-state index contributed by atoms with van der Waals surface area (Å²) in [4.78, 5) is 0. The predicted octanol–water partition coefficient (Wildman–Crippen LogP) is 2.22. The largest absolute Gasteiger partial charge is 0.393 e. The molecule has 0 radical (unpaired) electrons. The number of benzene rings is 1. The third-order valence-electron chi connectivity index (χ3n) is 2.31. The van der Waals surface area contributed by atoms with Crippen molar-refractivity contribution in [1.82, 2.24) is 5.32 Å². The van der Waals surface area contributed by atoms with Crippen LogP contribution < -0.4 is 5.32 Å². The SMILES string of the molecule is CC(O)CCCNCc1ccc(F)cc1F. The van der Waals surface area contributed by atoms with Gasteiger partial charge in [0.1, 0.15) is 11.6 Å². The average molecular weight is 229 g/mol. The Kier molecular flexibility index (Phi) is 5.35. The molecule has 0 saturated carbocycles. The van der Waals surface area contributed by atoms with Crippen molar-refractivity contribution in [3.8, 4) is 0 Å². The molecule has 16 heavy (non-hydrogen) atoms. The number of aliphatic hydroxyl groups excluding tert-OH is 1. The van der Waals surface area contributed by atoms with Crippen molar-refractivity contribution in [1.29, 1.82) is 0 Å². The van der Waals surface area contributed by atoms with E-state index in [1.165, 1.54) is 12.1 Å². The van der Waals surface area contributed by atoms with Crippen molar-refractivity contribution in [2.45, 2.75) is 32.4 Å². The summed E-state index contributed by atoms with van der Waals surface area (Å²) >= 11 is 0. The maximum atomic E-state index is 13.2. The third kappa shape index (κ3) is 4.68. The maximum absolute atomic E-state index is 13.2. The summed E-state index contributed by atoms with van der Waals surface area (Å²) in [6, 6.07) is 3.56. The molecule has 4 heteroatoms. The first-order valence-electron chi connectivity index (χ1n) is 5.42. The zero-order valence-corrected chi connectivity index (χ0v) is 9.34. The summed E-state index contributed by atoms with van der Waals surface area (Å²) in [5.41, 5.74) is 0.457. The zero-order valence-electron chi connectivity index (χ0n) is 9.34. The molecule has 0 heterocycles. The van der Waals surface area contributed by atoms with Crippen LogP contribution in [0.5, 0.6) is 0 Å². The first-order valence-corrected chi connectivity index (χ1v) is 5.42. The van der Waals surface area contributed by atoms with Crippen LogP contribution in [0, 0.1) is 11.6 Å². The van der Waals surface area contributed by atoms with E-state index in [-0.39, 0.29) is 6.10 Å². The molecule has 0 spiro atoms. The zero-order chi connectivity index (χ0) is 12.0. The summed E-state index contributed by atoms with van der Waals surface area (Å²) in [6.45, 7) is 2.83. The fraction of sp³-hybridized carbons (Fsp3) is 0.500. The van der Waals surface area contributed by atoms with E-state index in [0.29, 0.717) is 18.7 Å². The van der Waals surface area contributed by atoms with Gasteiger partial charge in [0.25, 0.3) is 0 Å². The van der Waals surface area contributed by atoms with Gasteiger partial charge in [0.05, 0.1) is 6.10 Å². The highest BCUT2D eigenvalue weighted by Gasteiger charge is 2.03. The van der Waals surface area contributed by atoms with Crippen molar-refractivity contribution < 1.29 is 13.9 Å². The first kappa shape index (κ1) is 13.1. The summed E-state index contributed by atoms with van der Waals surface area (Å²) in [7, 11) is 0. The number of hydrogen-bond donors (Lipinski definition) is 2. The van der Waals surface area contributed by atoms with E-state index in [2.05, 4.69) is 5.32 Å². The van der Waals surface area contributed by atoms with Gasteiger partial charge in [-0.2, -0.15) is 0 Å². The molecule has 0 aromatic heterocycles. The van der Waals surface area contributed by atoms with Crippen LogP contribution in [0.2, 0.25) is 0 Å². The maximum Gasteiger partial charge on any atom is 0.130 e. The molecular formula is C12H17F2NO. The molecule has 0 aliphatic rings. The average Bonchev–Trinajstić information content (AvgIpc) is 2.20. The number of nitrogens with one attached hydrogen (secondary N) is 1. The molecule has 1 unspecified atom stereocenters. The van der Waals surface area contributed by atoms with Crippen LogP contribution in [0.25, 0.3) is 0 Å². The minimum atomic E-state index is -0.560. The fourth-order valence-corrected chi connectivity index (χ4v) is 1.41. The van der Waals surface area contributed by atoms with Crippen LogP contribution in [0.4, 0.5) is 8.78 Å². The van der Waals surface area contributed by atoms with Crippen LogP contribution >= 0.6 is 0 Å². The van der Waals surface area contributed by atoms with Crippen molar-refractivity contribution >= 4 is 0 Å². The van der Waals surface area contributed by atoms with Gasteiger partial charge in [-0.3, -0.25) is 0 Å². The minimum absolute atomic E-state index is 0.302. The lowest BCUT2D eigenvalue weighted by molar-refractivity contribution is 0.181. The van der Waals surface area contributed by atoms with Gasteiger partial charge in [-0.15, -0.1) is 0 Å². The number of aliphatic hydroxyl groups is 1. The molecule has 1 rings (SSSR count). The van der Waals surface area contributed by atoms with E-state index in [9.17, 15) is 8.78 Å². The molecule has 0 fully saturated rings. The Labute approximate surface area is 94.3 Å². The normalized spacial score (nSPS) is 12.8. The predicted molar refractivity (Wildman–Crippen MR) is 59.0 cm³/mol. The molecule has 1 atom stereocenters. The van der Waals surface area contributed by atoms with Crippen molar-refractivity contribution in [2.75, 3.05) is 6.54 Å². The van der Waals surface area contributed by atoms with Gasteiger partial charge >= 0.3 is 0 Å². The molecule has 0 aliphatic heterocycles. The molecular weight excluding hydrogens is 212 g/mol. The highest BCUT2D eigenvalue weighted by Crippen LogP contribution is 2.09. The smallest absolute Gasteiger partial charge is 0.130 e. The topological polar surface area (TPSA) is 32.3 Å². The second-order valence-electron chi connectivity index (χ2n) is 3.90. The molecule has 1 aromatic carbocycles. The summed E-state index contributed by atoms with van der Waals surface area (Å²) in [5, 5.41) is 12.1. The minimum Gasteiger partial charge on any atom is -0.393 e. The summed E-state index contributed by atoms with van der Waals surface area (Å²) < 4.78 is 25.8. The van der Waals surface area contributed by atoms with E-state index in [0.717, 1.165) is 18.9 Å². The van der Waals surface area contributed by atoms with Gasteiger partial charge in [0.15, 0.2) is 0 Å². The Morgan fingerprint density at radius 2 is 2.12 bits per heavy atom. The Bertz CT molecular complexity index is 329. The van der Waals surface area contributed by atoms with Crippen molar-refractivity contribution in [3.05, 3.63) is 35.4 Å². The second kappa shape index (κ2) is 6.55. The Hall–Kier alpha value is -1.00. The molecule has 0 aliphatic carbocycles. The van der Waals surface area contributed by atoms with E-state index in [1.807, 2.05) is 0 Å². The number of halogens is 2. The molecule has 0 bridgehead atoms. The second-order valence-corrected chi connectivity index (χ2v) is 3.90. The van der Waals surface area contributed by atoms with Crippen LogP contribution in [0.3, 0.4) is 0 Å². The molecule has 0 saturated heterocycles. The van der Waals surface area contributed by atoms with Crippen LogP contribution in [0.1, 0.15) is 25.3 Å². The highest BCUT2D eigenvalue weighted by atomic mass is 19.1. The Morgan fingerprint density at radius 1 is 1.38 bits per heavy atom. The monoisotopic (exact) mass is 229 g/mol. The van der Waals surface area contributed by atoms with Gasteiger partial charge in [-0.1, -0.05) is 6.07 Å². The van der Waals surface area contributed by atoms with Crippen LogP contribution in [-0.4, -0.2) is 17.8 Å². The summed E-state index contributed by atoms with van der Waals surface area (Å²) in [6.07, 6.45) is 1.25. The van der Waals surface area contributed by atoms with E-state index in [4.69, 9.17) is 5.11 Å². The Morgan fingerprint density at radius 3 is 2.75 bits per heavy atom. The van der Waals surface area contributed by atoms with Gasteiger partial charge in [-0.05, 0) is 32.4 Å². The van der Waals surface area contributed by atoms with E-state index >= 15 is 0 Å². The highest BCUT2D eigenvalue weighted by molar-refractivity contribution is 5.18. The van der Waals surface area contributed by atoms with Crippen LogP contribution in [-0.2, 0) is 6.54 Å². The van der Waals surface area contributed by atoms with Crippen molar-refractivity contribution in [3.63, 3.8) is 0 Å². The quantitative estimate of drug-likeness (QED) is 0.733. The number of rotatable bonds is 6. The molecule has 0 amide bonds. The van der Waals surface area contributed by atoms with Crippen molar-refractivity contribution in [2.24, 2.45) is 0 Å². The lowest BCUT2D eigenvalue weighted by Gasteiger charge is -2.07. The van der Waals surface area contributed by atoms with E-state index in [1.54, 1.807) is 6.92 Å². The molecule has 2 nitrogen and oxygen atoms in total. The fourth-order valence-electron chi connectivity index (χ4n) is 1.41. The van der Waals surface area contributed by atoms with Gasteiger partial charge < -0.3 is 10.4 Å².